The lowest BCUT2D eigenvalue weighted by atomic mass is 10.0. The van der Waals surface area contributed by atoms with Crippen LogP contribution in [0.5, 0.6) is 0 Å². The van der Waals surface area contributed by atoms with Gasteiger partial charge in [-0.05, 0) is 36.1 Å². The summed E-state index contributed by atoms with van der Waals surface area (Å²) >= 11 is 0. The Balaban J connectivity index is 1.56. The summed E-state index contributed by atoms with van der Waals surface area (Å²) in [5.74, 6) is 0.634. The van der Waals surface area contributed by atoms with Crippen LogP contribution in [-0.4, -0.2) is 32.0 Å². The SMILES string of the molecule is Cc1ccc(Cn2nnc(C(=O)NC[C@@H](C)c3ccccc3)c2-n2cccc2)cc1. The Morgan fingerprint density at radius 2 is 1.70 bits per heavy atom. The van der Waals surface area contributed by atoms with Crippen LogP contribution in [-0.2, 0) is 6.54 Å². The Morgan fingerprint density at radius 1 is 1.00 bits per heavy atom. The lowest BCUT2D eigenvalue weighted by molar-refractivity contribution is 0.0946. The zero-order valence-electron chi connectivity index (χ0n) is 17.2. The molecule has 1 atom stereocenters. The van der Waals surface area contributed by atoms with Crippen LogP contribution in [0.3, 0.4) is 0 Å². The average molecular weight is 399 g/mol. The third kappa shape index (κ3) is 4.33. The number of benzene rings is 2. The van der Waals surface area contributed by atoms with Crippen LogP contribution in [0, 0.1) is 6.92 Å². The number of hydrogen-bond acceptors (Lipinski definition) is 3. The summed E-state index contributed by atoms with van der Waals surface area (Å²) in [6.45, 7) is 5.22. The Morgan fingerprint density at radius 3 is 2.40 bits per heavy atom. The molecule has 0 aliphatic carbocycles. The van der Waals surface area contributed by atoms with E-state index < -0.39 is 0 Å². The summed E-state index contributed by atoms with van der Waals surface area (Å²) in [7, 11) is 0. The monoisotopic (exact) mass is 399 g/mol. The standard InChI is InChI=1S/C24H25N5O/c1-18-10-12-20(13-11-18)17-29-24(28-14-6-7-15-28)22(26-27-29)23(30)25-16-19(2)21-8-4-3-5-9-21/h3-15,19H,16-17H2,1-2H3,(H,25,30)/t19-/m1/s1. The van der Waals surface area contributed by atoms with Crippen LogP contribution >= 0.6 is 0 Å². The molecule has 2 aromatic carbocycles. The first kappa shape index (κ1) is 19.6. The smallest absolute Gasteiger partial charge is 0.275 e. The van der Waals surface area contributed by atoms with E-state index in [-0.39, 0.29) is 11.8 Å². The van der Waals surface area contributed by atoms with Crippen LogP contribution in [0.15, 0.2) is 79.1 Å². The lowest BCUT2D eigenvalue weighted by Gasteiger charge is -2.13. The third-order valence-corrected chi connectivity index (χ3v) is 5.16. The molecular weight excluding hydrogens is 374 g/mol. The number of nitrogens with zero attached hydrogens (tertiary/aromatic N) is 4. The molecule has 30 heavy (non-hydrogen) atoms. The summed E-state index contributed by atoms with van der Waals surface area (Å²) in [5.41, 5.74) is 3.81. The number of hydrogen-bond donors (Lipinski definition) is 1. The predicted octanol–water partition coefficient (Wildman–Crippen LogP) is 3.96. The van der Waals surface area contributed by atoms with Gasteiger partial charge in [0.2, 0.25) is 0 Å². The third-order valence-electron chi connectivity index (χ3n) is 5.16. The number of aryl methyl sites for hydroxylation is 1. The quantitative estimate of drug-likeness (QED) is 0.512. The molecule has 0 saturated carbocycles. The number of rotatable bonds is 7. The fourth-order valence-corrected chi connectivity index (χ4v) is 3.39. The Kier molecular flexibility index (Phi) is 5.75. The van der Waals surface area contributed by atoms with Gasteiger partial charge in [-0.25, -0.2) is 4.68 Å². The molecule has 4 aromatic rings. The van der Waals surface area contributed by atoms with Crippen molar-refractivity contribution in [1.29, 1.82) is 0 Å². The van der Waals surface area contributed by atoms with E-state index in [4.69, 9.17) is 0 Å². The molecule has 0 bridgehead atoms. The number of amides is 1. The largest absolute Gasteiger partial charge is 0.350 e. The minimum Gasteiger partial charge on any atom is -0.350 e. The second-order valence-corrected chi connectivity index (χ2v) is 7.52. The van der Waals surface area contributed by atoms with Gasteiger partial charge in [0.1, 0.15) is 0 Å². The number of nitrogens with one attached hydrogen (secondary N) is 1. The molecule has 0 saturated heterocycles. The zero-order valence-corrected chi connectivity index (χ0v) is 17.2. The maximum atomic E-state index is 13.0. The van der Waals surface area contributed by atoms with Crippen molar-refractivity contribution in [3.63, 3.8) is 0 Å². The Labute approximate surface area is 176 Å². The van der Waals surface area contributed by atoms with Gasteiger partial charge in [0.15, 0.2) is 11.5 Å². The molecule has 2 aromatic heterocycles. The van der Waals surface area contributed by atoms with Gasteiger partial charge >= 0.3 is 0 Å². The van der Waals surface area contributed by atoms with Gasteiger partial charge in [-0.2, -0.15) is 0 Å². The molecule has 0 unspecified atom stereocenters. The highest BCUT2D eigenvalue weighted by molar-refractivity contribution is 5.95. The van der Waals surface area contributed by atoms with Crippen LogP contribution in [0.25, 0.3) is 5.82 Å². The van der Waals surface area contributed by atoms with Crippen molar-refractivity contribution >= 4 is 5.91 Å². The van der Waals surface area contributed by atoms with Gasteiger partial charge in [0, 0.05) is 18.9 Å². The first-order chi connectivity index (χ1) is 14.6. The minimum atomic E-state index is -0.225. The molecule has 0 aliphatic heterocycles. The van der Waals surface area contributed by atoms with Gasteiger partial charge < -0.3 is 9.88 Å². The Hall–Kier alpha value is -3.67. The summed E-state index contributed by atoms with van der Waals surface area (Å²) in [4.78, 5) is 13.0. The molecule has 6 heteroatoms. The molecule has 0 spiro atoms. The maximum absolute atomic E-state index is 13.0. The highest BCUT2D eigenvalue weighted by atomic mass is 16.2. The van der Waals surface area contributed by atoms with Crippen LogP contribution < -0.4 is 5.32 Å². The van der Waals surface area contributed by atoms with Gasteiger partial charge in [-0.3, -0.25) is 4.79 Å². The van der Waals surface area contributed by atoms with E-state index in [0.717, 1.165) is 5.56 Å². The van der Waals surface area contributed by atoms with E-state index in [9.17, 15) is 4.79 Å². The molecule has 0 fully saturated rings. The van der Waals surface area contributed by atoms with E-state index in [1.54, 1.807) is 4.68 Å². The second-order valence-electron chi connectivity index (χ2n) is 7.52. The normalized spacial score (nSPS) is 11.9. The average Bonchev–Trinajstić information content (AvgIpc) is 3.44. The number of carbonyl (C=O) groups is 1. The predicted molar refractivity (Wildman–Crippen MR) is 117 cm³/mol. The van der Waals surface area contributed by atoms with Gasteiger partial charge in [-0.1, -0.05) is 72.3 Å². The molecule has 6 nitrogen and oxygen atoms in total. The number of aromatic nitrogens is 4. The van der Waals surface area contributed by atoms with E-state index >= 15 is 0 Å². The second kappa shape index (κ2) is 8.78. The molecule has 0 radical (unpaired) electrons. The summed E-state index contributed by atoms with van der Waals surface area (Å²) in [5, 5.41) is 11.5. The van der Waals surface area contributed by atoms with Crippen LogP contribution in [0.2, 0.25) is 0 Å². The van der Waals surface area contributed by atoms with Crippen molar-refractivity contribution in [2.24, 2.45) is 0 Å². The lowest BCUT2D eigenvalue weighted by Crippen LogP contribution is -2.29. The molecule has 1 N–H and O–H groups in total. The molecule has 1 amide bonds. The van der Waals surface area contributed by atoms with E-state index in [1.165, 1.54) is 11.1 Å². The molecule has 0 aliphatic rings. The Bertz CT molecular complexity index is 1100. The maximum Gasteiger partial charge on any atom is 0.275 e. The van der Waals surface area contributed by atoms with Crippen molar-refractivity contribution < 1.29 is 4.79 Å². The van der Waals surface area contributed by atoms with Gasteiger partial charge in [-0.15, -0.1) is 5.10 Å². The molecular formula is C24H25N5O. The fourth-order valence-electron chi connectivity index (χ4n) is 3.39. The molecule has 2 heterocycles. The summed E-state index contributed by atoms with van der Waals surface area (Å²) in [6.07, 6.45) is 3.79. The first-order valence-electron chi connectivity index (χ1n) is 10.1. The molecule has 152 valence electrons. The van der Waals surface area contributed by atoms with Crippen molar-refractivity contribution in [3.05, 3.63) is 102 Å². The van der Waals surface area contributed by atoms with Crippen LogP contribution in [0.1, 0.15) is 40.0 Å². The van der Waals surface area contributed by atoms with Crippen LogP contribution in [0.4, 0.5) is 0 Å². The summed E-state index contributed by atoms with van der Waals surface area (Å²) < 4.78 is 3.64. The topological polar surface area (TPSA) is 64.7 Å². The fraction of sp³-hybridized carbons (Fsp3) is 0.208. The van der Waals surface area contributed by atoms with Crippen molar-refractivity contribution in [3.8, 4) is 5.82 Å². The first-order valence-corrected chi connectivity index (χ1v) is 10.1. The van der Waals surface area contributed by atoms with Gasteiger partial charge in [0.25, 0.3) is 5.91 Å². The van der Waals surface area contributed by atoms with Crippen molar-refractivity contribution in [2.45, 2.75) is 26.3 Å². The van der Waals surface area contributed by atoms with Crippen molar-refractivity contribution in [2.75, 3.05) is 6.54 Å². The molecule has 4 rings (SSSR count). The van der Waals surface area contributed by atoms with Crippen molar-refractivity contribution in [1.82, 2.24) is 24.9 Å². The minimum absolute atomic E-state index is 0.202. The summed E-state index contributed by atoms with van der Waals surface area (Å²) in [6, 6.07) is 22.3. The zero-order chi connectivity index (χ0) is 20.9. The van der Waals surface area contributed by atoms with E-state index in [1.807, 2.05) is 47.3 Å². The van der Waals surface area contributed by atoms with Gasteiger partial charge in [0.05, 0.1) is 6.54 Å². The number of carbonyl (C=O) groups excluding carboxylic acids is 1. The van der Waals surface area contributed by atoms with E-state index in [0.29, 0.717) is 24.6 Å². The van der Waals surface area contributed by atoms with E-state index in [2.05, 4.69) is 65.9 Å². The highest BCUT2D eigenvalue weighted by Crippen LogP contribution is 2.17. The highest BCUT2D eigenvalue weighted by Gasteiger charge is 2.21.